The number of hydrogen-bond acceptors (Lipinski definition) is 8. The minimum absolute atomic E-state index is 0.0414. The second-order valence-electron chi connectivity index (χ2n) is 11.7. The Morgan fingerprint density at radius 3 is 2.60 bits per heavy atom. The molecule has 1 saturated carbocycles. The summed E-state index contributed by atoms with van der Waals surface area (Å²) in [6.45, 7) is 4.45. The lowest BCUT2D eigenvalue weighted by Crippen LogP contribution is -2.29. The number of benzene rings is 2. The molecule has 1 amide bonds. The quantitative estimate of drug-likeness (QED) is 0.436. The predicted octanol–water partition coefficient (Wildman–Crippen LogP) is 5.28. The minimum Gasteiger partial charge on any atom is -0.494 e. The van der Waals surface area contributed by atoms with Crippen molar-refractivity contribution in [2.24, 2.45) is 5.41 Å². The van der Waals surface area contributed by atoms with E-state index in [9.17, 15) is 4.79 Å². The fourth-order valence-electron chi connectivity index (χ4n) is 6.83. The van der Waals surface area contributed by atoms with Gasteiger partial charge < -0.3 is 29.5 Å². The molecule has 1 aromatic heterocycles. The van der Waals surface area contributed by atoms with Crippen molar-refractivity contribution < 1.29 is 14.3 Å². The lowest BCUT2D eigenvalue weighted by atomic mass is 9.86. The van der Waals surface area contributed by atoms with Gasteiger partial charge >= 0.3 is 0 Å². The maximum Gasteiger partial charge on any atom is 0.258 e. The molecule has 4 heterocycles. The normalized spacial score (nSPS) is 22.9. The molecule has 4 aliphatic rings. The van der Waals surface area contributed by atoms with Crippen LogP contribution < -0.4 is 19.7 Å². The maximum absolute atomic E-state index is 13.1. The summed E-state index contributed by atoms with van der Waals surface area (Å²) in [6, 6.07) is 11.9. The summed E-state index contributed by atoms with van der Waals surface area (Å²) in [5, 5.41) is 3.51. The zero-order valence-electron chi connectivity index (χ0n) is 23.0. The first kappa shape index (κ1) is 25.4. The summed E-state index contributed by atoms with van der Waals surface area (Å²) in [5.41, 5.74) is 3.68. The van der Waals surface area contributed by atoms with E-state index >= 15 is 0 Å². The molecule has 3 aromatic rings. The molecular weight excluding hydrogens is 528 g/mol. The van der Waals surface area contributed by atoms with Crippen molar-refractivity contribution in [3.63, 3.8) is 0 Å². The molecule has 0 radical (unpaired) electrons. The minimum atomic E-state index is -0.195. The van der Waals surface area contributed by atoms with E-state index < -0.39 is 0 Å². The molecule has 1 N–H and O–H groups in total. The Hall–Kier alpha value is -3.56. The number of aromatic nitrogens is 2. The molecule has 3 fully saturated rings. The van der Waals surface area contributed by atoms with Crippen LogP contribution in [0.5, 0.6) is 17.4 Å². The van der Waals surface area contributed by atoms with Gasteiger partial charge in [0, 0.05) is 43.9 Å². The number of nitrogens with zero attached hydrogens (tertiary/aromatic N) is 5. The smallest absolute Gasteiger partial charge is 0.258 e. The van der Waals surface area contributed by atoms with Gasteiger partial charge in [-0.3, -0.25) is 4.79 Å². The predicted molar refractivity (Wildman–Crippen MR) is 154 cm³/mol. The number of methoxy groups -OCH3 is 1. The van der Waals surface area contributed by atoms with Gasteiger partial charge in [0.2, 0.25) is 11.8 Å². The summed E-state index contributed by atoms with van der Waals surface area (Å²) in [7, 11) is 5.73. The number of likely N-dealkylation sites (tertiary alicyclic amines) is 1. The number of carbonyl (C=O) groups excluding carboxylic acids is 1. The molecule has 0 bridgehead atoms. The molecule has 1 aliphatic carbocycles. The highest BCUT2D eigenvalue weighted by Crippen LogP contribution is 2.57. The Labute approximate surface area is 239 Å². The molecule has 40 heavy (non-hydrogen) atoms. The van der Waals surface area contributed by atoms with Crippen molar-refractivity contribution in [3.05, 3.63) is 58.7 Å². The van der Waals surface area contributed by atoms with E-state index in [2.05, 4.69) is 44.3 Å². The van der Waals surface area contributed by atoms with Gasteiger partial charge in [-0.25, -0.2) is 4.98 Å². The number of nitrogens with one attached hydrogen (secondary N) is 1. The van der Waals surface area contributed by atoms with Crippen LogP contribution in [-0.4, -0.2) is 73.1 Å². The van der Waals surface area contributed by atoms with Crippen LogP contribution in [0.4, 0.5) is 17.3 Å². The van der Waals surface area contributed by atoms with Crippen LogP contribution in [0.1, 0.15) is 41.6 Å². The van der Waals surface area contributed by atoms with Gasteiger partial charge in [0.15, 0.2) is 0 Å². The van der Waals surface area contributed by atoms with Crippen molar-refractivity contribution in [1.82, 2.24) is 19.8 Å². The highest BCUT2D eigenvalue weighted by Gasteiger charge is 2.57. The Morgan fingerprint density at radius 1 is 1.02 bits per heavy atom. The lowest BCUT2D eigenvalue weighted by Gasteiger charge is -2.25. The van der Waals surface area contributed by atoms with Crippen LogP contribution in [0, 0.1) is 5.41 Å². The molecule has 9 nitrogen and oxygen atoms in total. The third-order valence-corrected chi connectivity index (χ3v) is 9.45. The lowest BCUT2D eigenvalue weighted by molar-refractivity contribution is 0.0753. The van der Waals surface area contributed by atoms with Gasteiger partial charge in [0.1, 0.15) is 16.5 Å². The van der Waals surface area contributed by atoms with Crippen LogP contribution in [0.25, 0.3) is 0 Å². The van der Waals surface area contributed by atoms with Crippen LogP contribution in [-0.2, 0) is 5.54 Å². The van der Waals surface area contributed by atoms with Crippen LogP contribution >= 0.6 is 11.6 Å². The molecule has 2 saturated heterocycles. The summed E-state index contributed by atoms with van der Waals surface area (Å²) in [6.07, 6.45) is 5.89. The van der Waals surface area contributed by atoms with Gasteiger partial charge in [-0.15, -0.1) is 0 Å². The van der Waals surface area contributed by atoms with E-state index in [-0.39, 0.29) is 22.3 Å². The molecule has 2 aromatic carbocycles. The molecule has 10 heteroatoms. The molecule has 1 unspecified atom stereocenters. The SMILES string of the molecule is COc1cc(N2CCC3(CCN(C)C3)C2)ccc1Nc1ncc(Cl)c(Oc2cccc3c2C(=O)N(C)C32CC2)n1. The molecule has 208 valence electrons. The van der Waals surface area contributed by atoms with E-state index in [1.54, 1.807) is 13.2 Å². The molecule has 7 rings (SSSR count). The monoisotopic (exact) mass is 560 g/mol. The number of amides is 1. The van der Waals surface area contributed by atoms with Crippen LogP contribution in [0.3, 0.4) is 0 Å². The summed E-state index contributed by atoms with van der Waals surface area (Å²) < 4.78 is 11.9. The fourth-order valence-corrected chi connectivity index (χ4v) is 6.96. The number of fused-ring (bicyclic) bond motifs is 2. The molecule has 2 spiro atoms. The van der Waals surface area contributed by atoms with E-state index in [0.29, 0.717) is 28.4 Å². The standard InChI is InChI=1S/C30H33ClN6O3/c1-35-13-11-29(17-35)12-14-37(18-29)19-7-8-22(24(15-19)39-3)33-28-32-16-21(31)26(34-28)40-23-6-4-5-20-25(23)27(38)36(2)30(20)9-10-30/h4-8,15-16H,9-14,17-18H2,1-3H3,(H,32,33,34). The molecular formula is C30H33ClN6O3. The molecule has 3 aliphatic heterocycles. The average molecular weight is 561 g/mol. The van der Waals surface area contributed by atoms with Crippen LogP contribution in [0.2, 0.25) is 5.02 Å². The Morgan fingerprint density at radius 2 is 1.85 bits per heavy atom. The number of hydrogen-bond donors (Lipinski definition) is 1. The Balaban J connectivity index is 1.11. The first-order chi connectivity index (χ1) is 19.3. The highest BCUT2D eigenvalue weighted by atomic mass is 35.5. The second kappa shape index (κ2) is 9.24. The van der Waals surface area contributed by atoms with E-state index in [0.717, 1.165) is 49.4 Å². The van der Waals surface area contributed by atoms with E-state index in [1.807, 2.05) is 30.1 Å². The van der Waals surface area contributed by atoms with Crippen molar-refractivity contribution in [1.29, 1.82) is 0 Å². The van der Waals surface area contributed by atoms with Gasteiger partial charge in [-0.05, 0) is 63.0 Å². The first-order valence-corrected chi connectivity index (χ1v) is 14.2. The van der Waals surface area contributed by atoms with Crippen molar-refractivity contribution >= 4 is 34.8 Å². The Bertz CT molecular complexity index is 1510. The van der Waals surface area contributed by atoms with Gasteiger partial charge in [-0.2, -0.15) is 4.98 Å². The largest absolute Gasteiger partial charge is 0.494 e. The fraction of sp³-hybridized carbons (Fsp3) is 0.433. The maximum atomic E-state index is 13.1. The summed E-state index contributed by atoms with van der Waals surface area (Å²) >= 11 is 6.44. The van der Waals surface area contributed by atoms with Crippen LogP contribution in [0.15, 0.2) is 42.6 Å². The first-order valence-electron chi connectivity index (χ1n) is 13.8. The highest BCUT2D eigenvalue weighted by molar-refractivity contribution is 6.31. The number of anilines is 3. The number of halogens is 1. The average Bonchev–Trinajstić information content (AvgIpc) is 3.47. The van der Waals surface area contributed by atoms with Crippen molar-refractivity contribution in [2.75, 3.05) is 57.6 Å². The topological polar surface area (TPSA) is 83.1 Å². The van der Waals surface area contributed by atoms with Crippen molar-refractivity contribution in [3.8, 4) is 17.4 Å². The molecule has 1 atom stereocenters. The van der Waals surface area contributed by atoms with E-state index in [4.69, 9.17) is 21.1 Å². The third kappa shape index (κ3) is 4.06. The second-order valence-corrected chi connectivity index (χ2v) is 12.1. The third-order valence-electron chi connectivity index (χ3n) is 9.19. The van der Waals surface area contributed by atoms with Gasteiger partial charge in [0.05, 0.1) is 30.1 Å². The summed E-state index contributed by atoms with van der Waals surface area (Å²) in [4.78, 5) is 28.7. The Kier molecular flexibility index (Phi) is 5.87. The summed E-state index contributed by atoms with van der Waals surface area (Å²) in [5.74, 6) is 1.60. The zero-order valence-corrected chi connectivity index (χ0v) is 23.8. The van der Waals surface area contributed by atoms with Gasteiger partial charge in [-0.1, -0.05) is 23.7 Å². The van der Waals surface area contributed by atoms with E-state index in [1.165, 1.54) is 25.6 Å². The number of rotatable bonds is 6. The number of ether oxygens (including phenoxy) is 2. The zero-order chi connectivity index (χ0) is 27.6. The van der Waals surface area contributed by atoms with Gasteiger partial charge in [0.25, 0.3) is 5.91 Å². The number of carbonyl (C=O) groups is 1. The van der Waals surface area contributed by atoms with Crippen molar-refractivity contribution in [2.45, 2.75) is 31.2 Å².